The third kappa shape index (κ3) is 4.36. The molecular weight excluding hydrogens is 316 g/mol. The largest absolute Gasteiger partial charge is 0.444 e. The predicted molar refractivity (Wildman–Crippen MR) is 97.1 cm³/mol. The van der Waals surface area contributed by atoms with Crippen molar-refractivity contribution in [2.24, 2.45) is 11.8 Å². The number of ether oxygens (including phenoxy) is 1. The molecule has 0 unspecified atom stereocenters. The van der Waals surface area contributed by atoms with Crippen LogP contribution < -0.4 is 0 Å². The molecule has 5 nitrogen and oxygen atoms in total. The summed E-state index contributed by atoms with van der Waals surface area (Å²) >= 11 is 0. The number of hydrogen-bond donors (Lipinski definition) is 0. The highest BCUT2D eigenvalue weighted by Crippen LogP contribution is 2.33. The fraction of sp³-hybridized carbons (Fsp3) is 0.800. The number of rotatable bonds is 2. The molecule has 0 saturated carbocycles. The Hall–Kier alpha value is -1.52. The average Bonchev–Trinajstić information content (AvgIpc) is 3.24. The summed E-state index contributed by atoms with van der Waals surface area (Å²) < 4.78 is 5.51. The fourth-order valence-electron chi connectivity index (χ4n) is 4.37. The normalized spacial score (nSPS) is 27.8. The third-order valence-electron chi connectivity index (χ3n) is 5.61. The van der Waals surface area contributed by atoms with E-state index in [-0.39, 0.29) is 18.1 Å². The molecule has 2 atom stereocenters. The van der Waals surface area contributed by atoms with E-state index < -0.39 is 5.60 Å². The van der Waals surface area contributed by atoms with E-state index in [1.54, 1.807) is 0 Å². The van der Waals surface area contributed by atoms with Crippen LogP contribution in [0.3, 0.4) is 0 Å². The van der Waals surface area contributed by atoms with Crippen LogP contribution >= 0.6 is 0 Å². The van der Waals surface area contributed by atoms with Gasteiger partial charge in [-0.3, -0.25) is 4.79 Å². The van der Waals surface area contributed by atoms with E-state index in [4.69, 9.17) is 4.74 Å². The molecule has 0 N–H and O–H groups in total. The molecule has 25 heavy (non-hydrogen) atoms. The molecule has 0 radical (unpaired) electrons. The minimum absolute atomic E-state index is 0.143. The SMILES string of the molecule is CC(C)(C)OC(=O)N1CC[C@@H]([C@H]2CCCCN2C(=O)C2CC=CC2)C1. The van der Waals surface area contributed by atoms with Crippen LogP contribution in [0.2, 0.25) is 0 Å². The first-order chi connectivity index (χ1) is 11.8. The van der Waals surface area contributed by atoms with Gasteiger partial charge in [0, 0.05) is 31.6 Å². The number of carbonyl (C=O) groups is 2. The number of carbonyl (C=O) groups excluding carboxylic acids is 2. The Labute approximate surface area is 151 Å². The summed E-state index contributed by atoms with van der Waals surface area (Å²) in [6, 6.07) is 0.286. The maximum absolute atomic E-state index is 13.0. The molecule has 2 fully saturated rings. The Kier molecular flexibility index (Phi) is 5.40. The van der Waals surface area contributed by atoms with Crippen LogP contribution in [0.25, 0.3) is 0 Å². The number of amides is 2. The highest BCUT2D eigenvalue weighted by atomic mass is 16.6. The van der Waals surface area contributed by atoms with E-state index in [9.17, 15) is 9.59 Å². The van der Waals surface area contributed by atoms with E-state index in [0.717, 1.165) is 45.2 Å². The molecule has 140 valence electrons. The van der Waals surface area contributed by atoms with Crippen molar-refractivity contribution >= 4 is 12.0 Å². The first-order valence-corrected chi connectivity index (χ1v) is 9.78. The van der Waals surface area contributed by atoms with Gasteiger partial charge in [-0.2, -0.15) is 0 Å². The standard InChI is InChI=1S/C20H32N2O3/c1-20(2,3)25-19(24)21-13-11-16(14-21)17-10-6-7-12-22(17)18(23)15-8-4-5-9-15/h4-5,15-17H,6-14H2,1-3H3/t16-,17-/m1/s1. The lowest BCUT2D eigenvalue weighted by Crippen LogP contribution is -2.50. The van der Waals surface area contributed by atoms with Crippen LogP contribution in [-0.2, 0) is 9.53 Å². The van der Waals surface area contributed by atoms with Crippen LogP contribution in [-0.4, -0.2) is 53.1 Å². The van der Waals surface area contributed by atoms with Crippen LogP contribution in [0.4, 0.5) is 4.79 Å². The Bertz CT molecular complexity index is 530. The smallest absolute Gasteiger partial charge is 0.410 e. The predicted octanol–water partition coefficient (Wildman–Crippen LogP) is 3.59. The summed E-state index contributed by atoms with van der Waals surface area (Å²) in [7, 11) is 0. The van der Waals surface area contributed by atoms with Gasteiger partial charge in [-0.25, -0.2) is 4.79 Å². The second-order valence-electron chi connectivity index (χ2n) is 8.71. The van der Waals surface area contributed by atoms with Crippen molar-refractivity contribution in [1.29, 1.82) is 0 Å². The van der Waals surface area contributed by atoms with E-state index in [1.165, 1.54) is 6.42 Å². The van der Waals surface area contributed by atoms with Crippen LogP contribution in [0.15, 0.2) is 12.2 Å². The van der Waals surface area contributed by atoms with Gasteiger partial charge in [0.15, 0.2) is 0 Å². The molecule has 0 aromatic carbocycles. The topological polar surface area (TPSA) is 49.9 Å². The Morgan fingerprint density at radius 1 is 1.04 bits per heavy atom. The second-order valence-corrected chi connectivity index (χ2v) is 8.71. The molecule has 3 rings (SSSR count). The molecule has 0 aromatic heterocycles. The van der Waals surface area contributed by atoms with Crippen molar-refractivity contribution in [2.75, 3.05) is 19.6 Å². The maximum atomic E-state index is 13.0. The van der Waals surface area contributed by atoms with Crippen LogP contribution in [0.5, 0.6) is 0 Å². The lowest BCUT2D eigenvalue weighted by Gasteiger charge is -2.40. The number of nitrogens with zero attached hydrogens (tertiary/aromatic N) is 2. The highest BCUT2D eigenvalue weighted by molar-refractivity contribution is 5.80. The van der Waals surface area contributed by atoms with Crippen molar-refractivity contribution in [3.05, 3.63) is 12.2 Å². The molecule has 2 aliphatic heterocycles. The Balaban J connectivity index is 1.61. The zero-order chi connectivity index (χ0) is 18.0. The summed E-state index contributed by atoms with van der Waals surface area (Å²) in [5.41, 5.74) is -0.461. The molecule has 2 amide bonds. The quantitative estimate of drug-likeness (QED) is 0.717. The molecule has 0 aromatic rings. The molecular formula is C20H32N2O3. The first kappa shape index (κ1) is 18.3. The monoisotopic (exact) mass is 348 g/mol. The summed E-state index contributed by atoms with van der Waals surface area (Å²) in [5.74, 6) is 0.848. The molecule has 3 aliphatic rings. The van der Waals surface area contributed by atoms with Crippen molar-refractivity contribution in [2.45, 2.75) is 70.9 Å². The lowest BCUT2D eigenvalue weighted by molar-refractivity contribution is -0.140. The number of piperidine rings is 1. The van der Waals surface area contributed by atoms with Crippen molar-refractivity contribution in [3.8, 4) is 0 Å². The molecule has 0 bridgehead atoms. The fourth-order valence-corrected chi connectivity index (χ4v) is 4.37. The van der Waals surface area contributed by atoms with Gasteiger partial charge < -0.3 is 14.5 Å². The van der Waals surface area contributed by atoms with E-state index in [2.05, 4.69) is 17.1 Å². The summed E-state index contributed by atoms with van der Waals surface area (Å²) in [6.45, 7) is 8.03. The van der Waals surface area contributed by atoms with Gasteiger partial charge in [-0.1, -0.05) is 12.2 Å². The molecule has 0 spiro atoms. The molecule has 1 aliphatic carbocycles. The van der Waals surface area contributed by atoms with Gasteiger partial charge in [0.05, 0.1) is 0 Å². The van der Waals surface area contributed by atoms with E-state index >= 15 is 0 Å². The third-order valence-corrected chi connectivity index (χ3v) is 5.61. The molecule has 2 heterocycles. The van der Waals surface area contributed by atoms with Gasteiger partial charge in [0.1, 0.15) is 5.60 Å². The van der Waals surface area contributed by atoms with Crippen LogP contribution in [0.1, 0.15) is 59.3 Å². The van der Waals surface area contributed by atoms with Crippen molar-refractivity contribution < 1.29 is 14.3 Å². The summed E-state index contributed by atoms with van der Waals surface area (Å²) in [6.07, 6.45) is 10.1. The molecule has 2 saturated heterocycles. The van der Waals surface area contributed by atoms with Gasteiger partial charge in [0.2, 0.25) is 5.91 Å². The van der Waals surface area contributed by atoms with E-state index in [1.807, 2.05) is 25.7 Å². The zero-order valence-electron chi connectivity index (χ0n) is 15.9. The summed E-state index contributed by atoms with van der Waals surface area (Å²) in [5, 5.41) is 0. The Morgan fingerprint density at radius 2 is 1.76 bits per heavy atom. The number of likely N-dealkylation sites (tertiary alicyclic amines) is 2. The maximum Gasteiger partial charge on any atom is 0.410 e. The van der Waals surface area contributed by atoms with Gasteiger partial charge in [0.25, 0.3) is 0 Å². The van der Waals surface area contributed by atoms with Gasteiger partial charge >= 0.3 is 6.09 Å². The van der Waals surface area contributed by atoms with Crippen LogP contribution in [0, 0.1) is 11.8 Å². The molecule has 5 heteroatoms. The first-order valence-electron chi connectivity index (χ1n) is 9.78. The summed E-state index contributed by atoms with van der Waals surface area (Å²) in [4.78, 5) is 29.2. The average molecular weight is 348 g/mol. The van der Waals surface area contributed by atoms with Gasteiger partial charge in [-0.05, 0) is 65.2 Å². The number of hydrogen-bond acceptors (Lipinski definition) is 3. The van der Waals surface area contributed by atoms with Crippen molar-refractivity contribution in [1.82, 2.24) is 9.80 Å². The van der Waals surface area contributed by atoms with Crippen molar-refractivity contribution in [3.63, 3.8) is 0 Å². The van der Waals surface area contributed by atoms with Gasteiger partial charge in [-0.15, -0.1) is 0 Å². The minimum atomic E-state index is -0.461. The second kappa shape index (κ2) is 7.38. The lowest BCUT2D eigenvalue weighted by atomic mass is 9.88. The highest BCUT2D eigenvalue weighted by Gasteiger charge is 2.40. The minimum Gasteiger partial charge on any atom is -0.444 e. The Morgan fingerprint density at radius 3 is 2.44 bits per heavy atom. The zero-order valence-corrected chi connectivity index (χ0v) is 15.9. The van der Waals surface area contributed by atoms with E-state index in [0.29, 0.717) is 18.4 Å². The number of allylic oxidation sites excluding steroid dienone is 2.